The number of rotatable bonds is 2. The summed E-state index contributed by atoms with van der Waals surface area (Å²) in [6.07, 6.45) is 3.27. The number of hydrogen-bond acceptors (Lipinski definition) is 5. The molecule has 6 heteroatoms. The number of carbonyl (C=O) groups is 1. The molecule has 2 aromatic heterocycles. The minimum Gasteiger partial charge on any atom is -0.464 e. The number of pyridine rings is 1. The molecular formula is C10H7BrN2O3. The van der Waals surface area contributed by atoms with Gasteiger partial charge in [0.15, 0.2) is 11.5 Å². The van der Waals surface area contributed by atoms with Gasteiger partial charge in [-0.15, -0.1) is 0 Å². The molecule has 5 nitrogen and oxygen atoms in total. The molecule has 82 valence electrons. The van der Waals surface area contributed by atoms with Gasteiger partial charge in [-0.25, -0.2) is 4.79 Å². The molecule has 0 saturated carbocycles. The summed E-state index contributed by atoms with van der Waals surface area (Å²) in [6.45, 7) is 0. The van der Waals surface area contributed by atoms with Gasteiger partial charge in [-0.1, -0.05) is 5.16 Å². The van der Waals surface area contributed by atoms with Gasteiger partial charge >= 0.3 is 5.97 Å². The molecule has 0 amide bonds. The first-order chi connectivity index (χ1) is 7.70. The van der Waals surface area contributed by atoms with Crippen LogP contribution in [0.15, 0.2) is 33.5 Å². The molecule has 0 aliphatic carbocycles. The standard InChI is InChI=1S/C10H7BrN2O3/c1-15-10(14)8-3-9(16-13-8)6-2-7(11)5-12-4-6/h2-5H,1H3. The molecule has 0 fully saturated rings. The maximum Gasteiger partial charge on any atom is 0.360 e. The summed E-state index contributed by atoms with van der Waals surface area (Å²) in [5.74, 6) is -0.0628. The number of aromatic nitrogens is 2. The molecule has 2 aromatic rings. The molecule has 2 heterocycles. The molecule has 0 aliphatic rings. The Hall–Kier alpha value is -1.69. The van der Waals surface area contributed by atoms with E-state index in [1.165, 1.54) is 13.2 Å². The van der Waals surface area contributed by atoms with Crippen LogP contribution >= 0.6 is 15.9 Å². The van der Waals surface area contributed by atoms with Crippen LogP contribution in [0.1, 0.15) is 10.5 Å². The molecule has 0 atom stereocenters. The smallest absolute Gasteiger partial charge is 0.360 e. The Bertz CT molecular complexity index is 524. The normalized spacial score (nSPS) is 10.1. The van der Waals surface area contributed by atoms with Gasteiger partial charge in [0.2, 0.25) is 0 Å². The fourth-order valence-corrected chi connectivity index (χ4v) is 1.52. The Labute approximate surface area is 99.5 Å². The van der Waals surface area contributed by atoms with Crippen molar-refractivity contribution in [2.24, 2.45) is 0 Å². The largest absolute Gasteiger partial charge is 0.464 e. The van der Waals surface area contributed by atoms with Crippen molar-refractivity contribution < 1.29 is 14.1 Å². The van der Waals surface area contributed by atoms with Crippen LogP contribution < -0.4 is 0 Å². The third kappa shape index (κ3) is 2.11. The fraction of sp³-hybridized carbons (Fsp3) is 0.100. The van der Waals surface area contributed by atoms with Gasteiger partial charge in [-0.3, -0.25) is 4.98 Å². The maximum absolute atomic E-state index is 11.2. The monoisotopic (exact) mass is 282 g/mol. The number of nitrogens with zero attached hydrogens (tertiary/aromatic N) is 2. The Balaban J connectivity index is 2.35. The average molecular weight is 283 g/mol. The van der Waals surface area contributed by atoms with Gasteiger partial charge in [-0.05, 0) is 22.0 Å². The quantitative estimate of drug-likeness (QED) is 0.791. The summed E-state index contributed by atoms with van der Waals surface area (Å²) < 4.78 is 10.4. The van der Waals surface area contributed by atoms with Crippen molar-refractivity contribution in [3.05, 3.63) is 34.7 Å². The van der Waals surface area contributed by atoms with E-state index < -0.39 is 5.97 Å². The first-order valence-electron chi connectivity index (χ1n) is 4.36. The van der Waals surface area contributed by atoms with Crippen molar-refractivity contribution in [3.8, 4) is 11.3 Å². The number of hydrogen-bond donors (Lipinski definition) is 0. The minimum absolute atomic E-state index is 0.137. The van der Waals surface area contributed by atoms with Gasteiger partial charge in [-0.2, -0.15) is 0 Å². The van der Waals surface area contributed by atoms with Crippen LogP contribution in [0, 0.1) is 0 Å². The number of ether oxygens (including phenoxy) is 1. The van der Waals surface area contributed by atoms with Gasteiger partial charge in [0.25, 0.3) is 0 Å². The molecular weight excluding hydrogens is 276 g/mol. The predicted molar refractivity (Wildman–Crippen MR) is 58.8 cm³/mol. The highest BCUT2D eigenvalue weighted by molar-refractivity contribution is 9.10. The van der Waals surface area contributed by atoms with E-state index in [9.17, 15) is 4.79 Å². The number of carbonyl (C=O) groups excluding carboxylic acids is 1. The van der Waals surface area contributed by atoms with Crippen LogP contribution in [0.2, 0.25) is 0 Å². The lowest BCUT2D eigenvalue weighted by atomic mass is 10.2. The zero-order valence-electron chi connectivity index (χ0n) is 8.31. The third-order valence-corrected chi connectivity index (χ3v) is 2.33. The summed E-state index contributed by atoms with van der Waals surface area (Å²) in [7, 11) is 1.29. The van der Waals surface area contributed by atoms with Crippen LogP contribution in [0.4, 0.5) is 0 Å². The lowest BCUT2D eigenvalue weighted by Crippen LogP contribution is -2.00. The Kier molecular flexibility index (Phi) is 3.00. The lowest BCUT2D eigenvalue weighted by molar-refractivity contribution is 0.0589. The van der Waals surface area contributed by atoms with Crippen LogP contribution in [0.3, 0.4) is 0 Å². The number of esters is 1. The SMILES string of the molecule is COC(=O)c1cc(-c2cncc(Br)c2)on1. The van der Waals surface area contributed by atoms with Crippen molar-refractivity contribution in [2.45, 2.75) is 0 Å². The fourth-order valence-electron chi connectivity index (χ4n) is 1.16. The minimum atomic E-state index is -0.530. The number of halogens is 1. The van der Waals surface area contributed by atoms with E-state index in [0.717, 1.165) is 10.0 Å². The molecule has 0 aromatic carbocycles. The van der Waals surface area contributed by atoms with E-state index in [2.05, 4.69) is 30.8 Å². The van der Waals surface area contributed by atoms with Crippen molar-refractivity contribution >= 4 is 21.9 Å². The maximum atomic E-state index is 11.2. The third-order valence-electron chi connectivity index (χ3n) is 1.89. The van der Waals surface area contributed by atoms with E-state index in [1.807, 2.05) is 6.07 Å². The lowest BCUT2D eigenvalue weighted by Gasteiger charge is -1.94. The zero-order chi connectivity index (χ0) is 11.5. The van der Waals surface area contributed by atoms with Crippen LogP contribution in [0.5, 0.6) is 0 Å². The molecule has 0 unspecified atom stereocenters. The van der Waals surface area contributed by atoms with Crippen molar-refractivity contribution in [2.75, 3.05) is 7.11 Å². The molecule has 0 saturated heterocycles. The van der Waals surface area contributed by atoms with E-state index in [-0.39, 0.29) is 5.69 Å². The van der Waals surface area contributed by atoms with E-state index in [4.69, 9.17) is 4.52 Å². The summed E-state index contributed by atoms with van der Waals surface area (Å²) in [5.41, 5.74) is 0.870. The first kappa shape index (κ1) is 10.8. The topological polar surface area (TPSA) is 65.2 Å². The van der Waals surface area contributed by atoms with Crippen LogP contribution in [-0.2, 0) is 4.74 Å². The molecule has 0 radical (unpaired) electrons. The summed E-state index contributed by atoms with van der Waals surface area (Å²) in [6, 6.07) is 3.32. The van der Waals surface area contributed by atoms with Gasteiger partial charge < -0.3 is 9.26 Å². The zero-order valence-corrected chi connectivity index (χ0v) is 9.89. The predicted octanol–water partition coefficient (Wildman–Crippen LogP) is 2.29. The van der Waals surface area contributed by atoms with E-state index in [0.29, 0.717) is 5.76 Å². The Morgan fingerprint density at radius 1 is 1.44 bits per heavy atom. The highest BCUT2D eigenvalue weighted by Crippen LogP contribution is 2.22. The van der Waals surface area contributed by atoms with Gasteiger partial charge in [0.05, 0.1) is 7.11 Å². The van der Waals surface area contributed by atoms with Gasteiger partial charge in [0, 0.05) is 28.5 Å². The number of methoxy groups -OCH3 is 1. The molecule has 0 bridgehead atoms. The second-order valence-electron chi connectivity index (χ2n) is 2.96. The molecule has 0 aliphatic heterocycles. The molecule has 0 N–H and O–H groups in total. The Morgan fingerprint density at radius 3 is 2.94 bits per heavy atom. The van der Waals surface area contributed by atoms with E-state index >= 15 is 0 Å². The Morgan fingerprint density at radius 2 is 2.25 bits per heavy atom. The van der Waals surface area contributed by atoms with Crippen molar-refractivity contribution in [1.82, 2.24) is 10.1 Å². The first-order valence-corrected chi connectivity index (χ1v) is 5.16. The van der Waals surface area contributed by atoms with Crippen LogP contribution in [0.25, 0.3) is 11.3 Å². The molecule has 2 rings (SSSR count). The average Bonchev–Trinajstić information content (AvgIpc) is 2.77. The second-order valence-corrected chi connectivity index (χ2v) is 3.88. The molecule has 0 spiro atoms. The molecule has 16 heavy (non-hydrogen) atoms. The summed E-state index contributed by atoms with van der Waals surface area (Å²) in [5, 5.41) is 3.60. The van der Waals surface area contributed by atoms with Crippen molar-refractivity contribution in [1.29, 1.82) is 0 Å². The van der Waals surface area contributed by atoms with Crippen molar-refractivity contribution in [3.63, 3.8) is 0 Å². The highest BCUT2D eigenvalue weighted by Gasteiger charge is 2.13. The van der Waals surface area contributed by atoms with E-state index in [1.54, 1.807) is 12.4 Å². The highest BCUT2D eigenvalue weighted by atomic mass is 79.9. The summed E-state index contributed by atoms with van der Waals surface area (Å²) in [4.78, 5) is 15.1. The van der Waals surface area contributed by atoms with Crippen LogP contribution in [-0.4, -0.2) is 23.2 Å². The second kappa shape index (κ2) is 4.44. The van der Waals surface area contributed by atoms with Gasteiger partial charge in [0.1, 0.15) is 0 Å². The summed E-state index contributed by atoms with van der Waals surface area (Å²) >= 11 is 3.29.